The number of nitrogens with zero attached hydrogens (tertiary/aromatic N) is 1. The van der Waals surface area contributed by atoms with E-state index in [2.05, 4.69) is 17.2 Å². The summed E-state index contributed by atoms with van der Waals surface area (Å²) in [6.45, 7) is 4.89. The van der Waals surface area contributed by atoms with Crippen LogP contribution in [0.25, 0.3) is 0 Å². The van der Waals surface area contributed by atoms with E-state index >= 15 is 0 Å². The van der Waals surface area contributed by atoms with Crippen LogP contribution in [0.15, 0.2) is 41.9 Å². The zero-order valence-electron chi connectivity index (χ0n) is 12.9. The van der Waals surface area contributed by atoms with Crippen LogP contribution in [0.4, 0.5) is 0 Å². The fourth-order valence-corrected chi connectivity index (χ4v) is 3.43. The lowest BCUT2D eigenvalue weighted by Gasteiger charge is -2.45. The third kappa shape index (κ3) is 3.48. The third-order valence-corrected chi connectivity index (χ3v) is 4.89. The summed E-state index contributed by atoms with van der Waals surface area (Å²) >= 11 is 1.68. The molecule has 22 heavy (non-hydrogen) atoms. The summed E-state index contributed by atoms with van der Waals surface area (Å²) < 4.78 is 11.9. The van der Waals surface area contributed by atoms with Crippen molar-refractivity contribution in [3.63, 3.8) is 0 Å². The summed E-state index contributed by atoms with van der Waals surface area (Å²) in [7, 11) is 0. The van der Waals surface area contributed by atoms with E-state index in [4.69, 9.17) is 9.47 Å². The second-order valence-electron chi connectivity index (χ2n) is 5.49. The predicted molar refractivity (Wildman–Crippen MR) is 88.3 cm³/mol. The lowest BCUT2D eigenvalue weighted by atomic mass is 9.84. The van der Waals surface area contributed by atoms with Gasteiger partial charge in [-0.1, -0.05) is 18.2 Å². The number of rotatable bonds is 7. The standard InChI is InChI=1S/C17H22N2O2S/c1-3-20-15-11-14(19-12(2)17-18-9-10-22-17)16(15)21-13-7-5-4-6-8-13/h4-10,12,14-16,19H,3,11H2,1-2H3. The number of thiazole rings is 1. The molecule has 118 valence electrons. The number of hydrogen-bond donors (Lipinski definition) is 1. The van der Waals surface area contributed by atoms with Gasteiger partial charge in [-0.05, 0) is 32.4 Å². The molecule has 0 aliphatic heterocycles. The van der Waals surface area contributed by atoms with Gasteiger partial charge in [-0.3, -0.25) is 0 Å². The normalized spacial score (nSPS) is 25.5. The minimum atomic E-state index is 0.0461. The molecule has 2 aromatic rings. The quantitative estimate of drug-likeness (QED) is 0.849. The highest BCUT2D eigenvalue weighted by atomic mass is 32.1. The Morgan fingerprint density at radius 1 is 1.36 bits per heavy atom. The fraction of sp³-hybridized carbons (Fsp3) is 0.471. The molecule has 0 bridgehead atoms. The Kier molecular flexibility index (Phi) is 5.08. The molecule has 0 saturated heterocycles. The Morgan fingerprint density at radius 2 is 2.18 bits per heavy atom. The van der Waals surface area contributed by atoms with Gasteiger partial charge in [0.15, 0.2) is 0 Å². The van der Waals surface area contributed by atoms with Crippen molar-refractivity contribution in [3.05, 3.63) is 46.9 Å². The van der Waals surface area contributed by atoms with Gasteiger partial charge in [0.1, 0.15) is 16.9 Å². The first-order valence-electron chi connectivity index (χ1n) is 7.76. The van der Waals surface area contributed by atoms with Crippen molar-refractivity contribution in [2.45, 2.75) is 44.6 Å². The summed E-state index contributed by atoms with van der Waals surface area (Å²) in [5.41, 5.74) is 0. The average molecular weight is 318 g/mol. The van der Waals surface area contributed by atoms with Crippen molar-refractivity contribution >= 4 is 11.3 Å². The van der Waals surface area contributed by atoms with E-state index in [-0.39, 0.29) is 24.3 Å². The summed E-state index contributed by atoms with van der Waals surface area (Å²) in [6.07, 6.45) is 3.02. The summed E-state index contributed by atoms with van der Waals surface area (Å²) in [5.74, 6) is 0.894. The maximum atomic E-state index is 6.14. The molecule has 4 unspecified atom stereocenters. The molecule has 5 heteroatoms. The van der Waals surface area contributed by atoms with Crippen LogP contribution in [0.2, 0.25) is 0 Å². The summed E-state index contributed by atoms with van der Waals surface area (Å²) in [5, 5.41) is 6.74. The van der Waals surface area contributed by atoms with Gasteiger partial charge in [0.05, 0.1) is 12.1 Å². The van der Waals surface area contributed by atoms with Crippen molar-refractivity contribution in [2.75, 3.05) is 6.61 Å². The lowest BCUT2D eigenvalue weighted by molar-refractivity contribution is -0.104. The molecule has 1 saturated carbocycles. The fourth-order valence-electron chi connectivity index (χ4n) is 2.78. The number of para-hydroxylation sites is 1. The number of nitrogens with one attached hydrogen (secondary N) is 1. The molecule has 1 heterocycles. The maximum Gasteiger partial charge on any atom is 0.140 e. The van der Waals surface area contributed by atoms with Crippen molar-refractivity contribution in [1.82, 2.24) is 10.3 Å². The largest absolute Gasteiger partial charge is 0.486 e. The zero-order chi connectivity index (χ0) is 15.4. The van der Waals surface area contributed by atoms with Gasteiger partial charge in [-0.15, -0.1) is 11.3 Å². The number of benzene rings is 1. The van der Waals surface area contributed by atoms with Gasteiger partial charge >= 0.3 is 0 Å². The van der Waals surface area contributed by atoms with Gasteiger partial charge in [0, 0.05) is 24.2 Å². The molecular formula is C17H22N2O2S. The van der Waals surface area contributed by atoms with Crippen LogP contribution >= 0.6 is 11.3 Å². The Bertz CT molecular complexity index is 561. The molecule has 0 amide bonds. The van der Waals surface area contributed by atoms with Gasteiger partial charge in [-0.2, -0.15) is 0 Å². The van der Waals surface area contributed by atoms with Crippen molar-refractivity contribution in [2.24, 2.45) is 0 Å². The van der Waals surface area contributed by atoms with E-state index in [0.29, 0.717) is 6.61 Å². The SMILES string of the molecule is CCOC1CC(NC(C)c2nccs2)C1Oc1ccccc1. The van der Waals surface area contributed by atoms with Crippen LogP contribution in [-0.2, 0) is 4.74 Å². The molecule has 0 radical (unpaired) electrons. The molecule has 1 fully saturated rings. The average Bonchev–Trinajstić information content (AvgIpc) is 3.07. The molecule has 3 rings (SSSR count). The molecule has 0 spiro atoms. The van der Waals surface area contributed by atoms with Gasteiger partial charge in [0.2, 0.25) is 0 Å². The van der Waals surface area contributed by atoms with E-state index in [1.807, 2.05) is 48.8 Å². The Labute approximate surface area is 135 Å². The lowest BCUT2D eigenvalue weighted by Crippen LogP contribution is -2.61. The molecule has 1 N–H and O–H groups in total. The maximum absolute atomic E-state index is 6.14. The first-order valence-corrected chi connectivity index (χ1v) is 8.64. The Morgan fingerprint density at radius 3 is 2.86 bits per heavy atom. The smallest absolute Gasteiger partial charge is 0.140 e. The summed E-state index contributed by atoms with van der Waals surface area (Å²) in [4.78, 5) is 4.38. The third-order valence-electron chi connectivity index (χ3n) is 3.93. The van der Waals surface area contributed by atoms with Crippen LogP contribution in [-0.4, -0.2) is 29.8 Å². The number of hydrogen-bond acceptors (Lipinski definition) is 5. The first kappa shape index (κ1) is 15.5. The minimum Gasteiger partial charge on any atom is -0.486 e. The van der Waals surface area contributed by atoms with Gasteiger partial charge in [0.25, 0.3) is 0 Å². The zero-order valence-corrected chi connectivity index (χ0v) is 13.8. The van der Waals surface area contributed by atoms with Crippen molar-refractivity contribution in [3.8, 4) is 5.75 Å². The molecule has 1 aromatic carbocycles. The highest BCUT2D eigenvalue weighted by Gasteiger charge is 2.44. The highest BCUT2D eigenvalue weighted by Crippen LogP contribution is 2.31. The van der Waals surface area contributed by atoms with E-state index in [1.165, 1.54) is 0 Å². The molecule has 1 aliphatic rings. The number of aromatic nitrogens is 1. The van der Waals surface area contributed by atoms with Crippen LogP contribution in [0.1, 0.15) is 31.3 Å². The minimum absolute atomic E-state index is 0.0461. The molecule has 4 atom stereocenters. The second kappa shape index (κ2) is 7.22. The van der Waals surface area contributed by atoms with Crippen LogP contribution in [0, 0.1) is 0 Å². The monoisotopic (exact) mass is 318 g/mol. The molecule has 4 nitrogen and oxygen atoms in total. The van der Waals surface area contributed by atoms with Crippen molar-refractivity contribution < 1.29 is 9.47 Å². The van der Waals surface area contributed by atoms with E-state index in [9.17, 15) is 0 Å². The Balaban J connectivity index is 1.63. The molecule has 1 aliphatic carbocycles. The highest BCUT2D eigenvalue weighted by molar-refractivity contribution is 7.09. The van der Waals surface area contributed by atoms with Crippen LogP contribution < -0.4 is 10.1 Å². The van der Waals surface area contributed by atoms with Crippen molar-refractivity contribution in [1.29, 1.82) is 0 Å². The van der Waals surface area contributed by atoms with E-state index in [0.717, 1.165) is 17.2 Å². The number of ether oxygens (including phenoxy) is 2. The van der Waals surface area contributed by atoms with Gasteiger partial charge in [-0.25, -0.2) is 4.98 Å². The van der Waals surface area contributed by atoms with Crippen LogP contribution in [0.3, 0.4) is 0 Å². The van der Waals surface area contributed by atoms with E-state index in [1.54, 1.807) is 11.3 Å². The van der Waals surface area contributed by atoms with Crippen LogP contribution in [0.5, 0.6) is 5.75 Å². The first-order chi connectivity index (χ1) is 10.8. The molecule has 1 aromatic heterocycles. The Hall–Kier alpha value is -1.43. The topological polar surface area (TPSA) is 43.4 Å². The molecular weight excluding hydrogens is 296 g/mol. The van der Waals surface area contributed by atoms with E-state index < -0.39 is 0 Å². The summed E-state index contributed by atoms with van der Waals surface area (Å²) in [6, 6.07) is 10.5. The second-order valence-corrected chi connectivity index (χ2v) is 6.42. The van der Waals surface area contributed by atoms with Gasteiger partial charge < -0.3 is 14.8 Å². The predicted octanol–water partition coefficient (Wildman–Crippen LogP) is 3.42.